The van der Waals surface area contributed by atoms with Crippen LogP contribution in [0.2, 0.25) is 6.04 Å². The van der Waals surface area contributed by atoms with E-state index in [1.807, 2.05) is 5.32 Å². The minimum Gasteiger partial charge on any atom is -0.479 e. The van der Waals surface area contributed by atoms with Gasteiger partial charge >= 0.3 is 69.8 Å². The zero-order valence-corrected chi connectivity index (χ0v) is 56.1. The summed E-state index contributed by atoms with van der Waals surface area (Å²) in [6.07, 6.45) is -26.9. The molecule has 4 saturated heterocycles. The van der Waals surface area contributed by atoms with E-state index < -0.39 is 212 Å². The van der Waals surface area contributed by atoms with E-state index in [2.05, 4.69) is 23.7 Å². The normalized spacial score (nSPS) is 32.7. The number of hydrogen-bond donors (Lipinski definition) is 15. The van der Waals surface area contributed by atoms with Crippen LogP contribution in [0.4, 0.5) is 0 Å². The highest BCUT2D eigenvalue weighted by molar-refractivity contribution is 7.83. The van der Waals surface area contributed by atoms with Gasteiger partial charge in [0, 0.05) is 6.92 Å². The van der Waals surface area contributed by atoms with Crippen LogP contribution in [0.5, 0.6) is 0 Å². The maximum absolute atomic E-state index is 12.7. The fourth-order valence-electron chi connectivity index (χ4n) is 9.92. The zero-order chi connectivity index (χ0) is 69.9. The van der Waals surface area contributed by atoms with Crippen molar-refractivity contribution >= 4 is 109 Å². The number of amides is 1. The molecule has 0 aromatic heterocycles. The Morgan fingerprint density at radius 1 is 0.478 bits per heavy atom. The van der Waals surface area contributed by atoms with Crippen molar-refractivity contribution in [1.29, 1.82) is 0 Å². The van der Waals surface area contributed by atoms with E-state index in [1.54, 1.807) is 0 Å². The third-order valence-electron chi connectivity index (χ3n) is 14.0. The molecule has 4 aliphatic rings. The first-order valence-electron chi connectivity index (χ1n) is 28.1. The summed E-state index contributed by atoms with van der Waals surface area (Å²) in [5.74, 6) is -5.49. The summed E-state index contributed by atoms with van der Waals surface area (Å²) in [5, 5.41) is 86.0. The van der Waals surface area contributed by atoms with Crippen molar-refractivity contribution in [2.24, 2.45) is 0 Å². The highest BCUT2D eigenvalue weighted by Gasteiger charge is 2.60. The molecule has 542 valence electrons. The molecule has 0 aromatic rings. The van der Waals surface area contributed by atoms with Gasteiger partial charge in [0.05, 0.1) is 13.2 Å². The average molecular weight is 1520 g/mol. The number of aliphatic hydroxyl groups is 6. The van der Waals surface area contributed by atoms with Crippen molar-refractivity contribution < 1.29 is 170 Å². The van der Waals surface area contributed by atoms with E-state index in [-0.39, 0.29) is 0 Å². The van der Waals surface area contributed by atoms with E-state index in [0.29, 0.717) is 0 Å². The number of carbonyl (C=O) groups is 3. The minimum atomic E-state index is -6.09. The summed E-state index contributed by atoms with van der Waals surface area (Å²) in [5.41, 5.74) is 0. The number of halogens is 3. The molecule has 1 amide bonds. The number of nitrogens with one attached hydrogen (secondary N) is 2. The van der Waals surface area contributed by atoms with Crippen LogP contribution in [-0.4, -0.2) is 265 Å². The van der Waals surface area contributed by atoms with Gasteiger partial charge in [0.2, 0.25) is 5.91 Å². The quantitative estimate of drug-likeness (QED) is 0.0140. The minimum absolute atomic E-state index is 0.829. The summed E-state index contributed by atoms with van der Waals surface area (Å²) in [7, 11) is -29.1. The Hall–Kier alpha value is -1.67. The van der Waals surface area contributed by atoms with Gasteiger partial charge in [-0.15, -0.1) is 33.2 Å². The third-order valence-corrected chi connectivity index (χ3v) is 19.0. The van der Waals surface area contributed by atoms with E-state index in [1.165, 1.54) is 101 Å². The molecule has 0 unspecified atom stereocenters. The Morgan fingerprint density at radius 2 is 0.902 bits per heavy atom. The van der Waals surface area contributed by atoms with Crippen molar-refractivity contribution in [3.8, 4) is 0 Å². The first-order valence-corrected chi connectivity index (χ1v) is 40.2. The Labute approximate surface area is 544 Å². The van der Waals surface area contributed by atoms with E-state index in [0.717, 1.165) is 19.4 Å². The summed E-state index contributed by atoms with van der Waals surface area (Å²) >= 11 is 17.6. The fraction of sp³-hybridized carbons (Fsp3) is 0.932. The van der Waals surface area contributed by atoms with Gasteiger partial charge in [-0.2, -0.15) is 46.8 Å². The van der Waals surface area contributed by atoms with Gasteiger partial charge in [0.1, 0.15) is 73.1 Å². The van der Waals surface area contributed by atoms with E-state index in [4.69, 9.17) is 70.9 Å². The number of unbranched alkanes of at least 4 members (excludes halogenated alkanes) is 15. The molecule has 20 atom stereocenters. The molecule has 39 nitrogen and oxygen atoms in total. The number of carboxylic acids is 2. The molecule has 0 spiro atoms. The SMILES string of the molecule is CC(=O)N[C@@H]1[C@@H](O)[C@H](O[C@@H]2O[C@H](C(=O)O)[C@@H](O[C@@H]3O[C@H](CO)[C@@H](O[C@H]4O[C@@H](C(=O)O)[C@H](O)[C@@H](O)[C@@H]4OS(=O)(=O)O)[C@H](OS(=O)(=O)O)[C@H]3NS(=O)(=O)O)[C@H](O)[C@H]2OS(=O)(=O)O)[C@H](COS(=O)(=O)O)O[C@H]1O.CCCCCCCCCCCCCCCCCC[Si](Cl)(Cl)Cl. The Kier molecular flexibility index (Phi) is 35.0. The Morgan fingerprint density at radius 3 is 1.32 bits per heavy atom. The van der Waals surface area contributed by atoms with Crippen LogP contribution in [0.25, 0.3) is 0 Å². The molecule has 15 N–H and O–H groups in total. The number of aliphatic carboxylic acids is 2. The molecule has 4 fully saturated rings. The molecule has 4 aliphatic heterocycles. The number of rotatable bonds is 38. The Bertz CT molecular complexity index is 2890. The van der Waals surface area contributed by atoms with Crippen LogP contribution in [0.15, 0.2) is 0 Å². The van der Waals surface area contributed by atoms with Crippen LogP contribution in [0.3, 0.4) is 0 Å². The molecule has 48 heteroatoms. The van der Waals surface area contributed by atoms with Gasteiger partial charge in [-0.3, -0.25) is 27.6 Å². The van der Waals surface area contributed by atoms with Gasteiger partial charge in [0.25, 0.3) is 0 Å². The summed E-state index contributed by atoms with van der Waals surface area (Å²) in [6.45, 7) is 0.0437. The molecular weight excluding hydrogens is 1440 g/mol. The first-order chi connectivity index (χ1) is 42.4. The topological polar surface area (TPSA) is 610 Å². The largest absolute Gasteiger partial charge is 0.479 e. The van der Waals surface area contributed by atoms with Crippen molar-refractivity contribution in [3.05, 3.63) is 0 Å². The van der Waals surface area contributed by atoms with Gasteiger partial charge < -0.3 is 79.3 Å². The van der Waals surface area contributed by atoms with Crippen LogP contribution in [0.1, 0.15) is 117 Å². The maximum atomic E-state index is 12.7. The highest BCUT2D eigenvalue weighted by Crippen LogP contribution is 2.38. The molecule has 0 saturated carbocycles. The average Bonchev–Trinajstić information content (AvgIpc) is 0.772. The molecule has 92 heavy (non-hydrogen) atoms. The monoisotopic (exact) mass is 1520 g/mol. The number of carboxylic acid groups (broad SMARTS) is 2. The number of aliphatic hydroxyl groups excluding tert-OH is 6. The lowest BCUT2D eigenvalue weighted by Gasteiger charge is -2.50. The lowest BCUT2D eigenvalue weighted by molar-refractivity contribution is -0.366. The van der Waals surface area contributed by atoms with E-state index in [9.17, 15) is 116 Å². The van der Waals surface area contributed by atoms with Gasteiger partial charge in [-0.1, -0.05) is 110 Å². The third kappa shape index (κ3) is 30.2. The predicted octanol–water partition coefficient (Wildman–Crippen LogP) is -1.81. The van der Waals surface area contributed by atoms with Crippen LogP contribution < -0.4 is 10.0 Å². The van der Waals surface area contributed by atoms with Crippen LogP contribution in [0, 0.1) is 0 Å². The molecule has 0 bridgehead atoms. The number of carbonyl (C=O) groups excluding carboxylic acids is 1. The van der Waals surface area contributed by atoms with Crippen molar-refractivity contribution in [3.63, 3.8) is 0 Å². The number of hydrogen-bond acceptors (Lipinski definition) is 30. The molecule has 4 heterocycles. The molecule has 0 aliphatic carbocycles. The number of ether oxygens (including phenoxy) is 7. The molecule has 0 radical (unpaired) electrons. The van der Waals surface area contributed by atoms with Gasteiger partial charge in [0.15, 0.2) is 49.6 Å². The van der Waals surface area contributed by atoms with Crippen LogP contribution in [-0.2, 0) is 116 Å². The Balaban J connectivity index is 0.000000850. The smallest absolute Gasteiger partial charge is 0.397 e. The second-order valence-electron chi connectivity index (χ2n) is 21.3. The van der Waals surface area contributed by atoms with Crippen molar-refractivity contribution in [2.45, 2.75) is 245 Å². The predicted molar refractivity (Wildman–Crippen MR) is 308 cm³/mol. The summed E-state index contributed by atoms with van der Waals surface area (Å²) in [6, 6.07) is -6.48. The fourth-order valence-corrected chi connectivity index (χ4v) is 14.2. The molecule has 0 aromatic carbocycles. The van der Waals surface area contributed by atoms with Gasteiger partial charge in [-0.05, 0) is 6.04 Å². The summed E-state index contributed by atoms with van der Waals surface area (Å²) in [4.78, 5) is 36.4. The zero-order valence-electron chi connectivity index (χ0n) is 48.8. The van der Waals surface area contributed by atoms with Crippen molar-refractivity contribution in [2.75, 3.05) is 13.2 Å². The second kappa shape index (κ2) is 38.1. The first kappa shape index (κ1) is 84.6. The highest BCUT2D eigenvalue weighted by atomic mass is 35.8. The molecular formula is C44H79Cl3N2O37S5Si. The van der Waals surface area contributed by atoms with Gasteiger partial charge in [-0.25, -0.2) is 26.3 Å². The van der Waals surface area contributed by atoms with E-state index >= 15 is 0 Å². The summed E-state index contributed by atoms with van der Waals surface area (Å²) < 4.78 is 222. The van der Waals surface area contributed by atoms with Crippen LogP contribution >= 0.6 is 33.2 Å². The maximum Gasteiger partial charge on any atom is 0.397 e. The lowest BCUT2D eigenvalue weighted by atomic mass is 9.94. The lowest BCUT2D eigenvalue weighted by Crippen LogP contribution is -2.71. The standard InChI is InChI=1S/C26H42N2O37S5.C18H37Cl3Si/c1-4(30)27-7-9(31)13(6(56-23(7)39)3-55-67(43,44)45)58-26-19(65-70(52,53)54)12(34)16(20(62-26)22(37)38)60-24-8(28-66(40,41)42)15(63-68(46,47)48)14(5(2-29)57-24)59-25-18(64-69(49,50)51)11(33)10(32)17(61-25)21(35)36;1-2-3-4-5-6-7-8-9-10-11-12-13-14-15-16-17-18-22(19,20)21/h5-20,23-26,28-29,31-34,39H,2-3H2,1H3,(H,27,30)(H,35,36)(H,37,38)(H,40,41,42)(H,43,44,45)(H,46,47,48)(H,49,50,51)(H,52,53,54);2-18H2,1H3/t5-,6+,7-,8-,9-,10-,11-,12+,13-,14-,15-,16+,17-,18+,19-,20+,23-,24+,25+,26-;/m1./s1. The second-order valence-corrected chi connectivity index (χ2v) is 36.0. The molecule has 4 rings (SSSR count). The van der Waals surface area contributed by atoms with Crippen molar-refractivity contribution in [1.82, 2.24) is 10.0 Å².